The molecule has 0 radical (unpaired) electrons. The lowest BCUT2D eigenvalue weighted by molar-refractivity contribution is 0.0289. The first-order valence-electron chi connectivity index (χ1n) is 5.30. The van der Waals surface area contributed by atoms with Gasteiger partial charge in [0.15, 0.2) is 0 Å². The van der Waals surface area contributed by atoms with E-state index in [-0.39, 0.29) is 5.54 Å². The Morgan fingerprint density at radius 3 is 2.85 bits per heavy atom. The first kappa shape index (κ1) is 11.0. The molecular weight excluding hydrogens is 164 g/mol. The molecule has 78 valence electrons. The van der Waals surface area contributed by atoms with Gasteiger partial charge in [0, 0.05) is 25.2 Å². The monoisotopic (exact) mass is 186 g/mol. The summed E-state index contributed by atoms with van der Waals surface area (Å²) >= 11 is 0. The van der Waals surface area contributed by atoms with Crippen molar-refractivity contribution >= 4 is 0 Å². The van der Waals surface area contributed by atoms with Crippen molar-refractivity contribution in [1.82, 2.24) is 10.6 Å². The van der Waals surface area contributed by atoms with E-state index in [2.05, 4.69) is 24.5 Å². The number of hydrogen-bond donors (Lipinski definition) is 2. The van der Waals surface area contributed by atoms with Gasteiger partial charge in [0.2, 0.25) is 0 Å². The van der Waals surface area contributed by atoms with Crippen molar-refractivity contribution in [3.05, 3.63) is 0 Å². The van der Waals surface area contributed by atoms with E-state index in [4.69, 9.17) is 4.74 Å². The molecular formula is C10H22N2O. The summed E-state index contributed by atoms with van der Waals surface area (Å²) < 4.78 is 5.46. The Labute approximate surface area is 81.2 Å². The van der Waals surface area contributed by atoms with Crippen molar-refractivity contribution in [1.29, 1.82) is 0 Å². The molecule has 2 N–H and O–H groups in total. The Hall–Kier alpha value is -0.120. The molecule has 1 rings (SSSR count). The zero-order valence-corrected chi connectivity index (χ0v) is 8.86. The van der Waals surface area contributed by atoms with Crippen molar-refractivity contribution < 1.29 is 4.74 Å². The number of hydrogen-bond acceptors (Lipinski definition) is 3. The van der Waals surface area contributed by atoms with E-state index in [0.29, 0.717) is 0 Å². The van der Waals surface area contributed by atoms with Gasteiger partial charge in [-0.2, -0.15) is 0 Å². The lowest BCUT2D eigenvalue weighted by atomic mass is 9.95. The molecule has 0 aliphatic carbocycles. The molecule has 3 heteroatoms. The summed E-state index contributed by atoms with van der Waals surface area (Å²) in [6, 6.07) is 0. The van der Waals surface area contributed by atoms with Crippen molar-refractivity contribution in [2.75, 3.05) is 32.8 Å². The van der Waals surface area contributed by atoms with Gasteiger partial charge in [-0.25, -0.2) is 0 Å². The van der Waals surface area contributed by atoms with Crippen LogP contribution in [0.15, 0.2) is 0 Å². The Balaban J connectivity index is 2.10. The van der Waals surface area contributed by atoms with E-state index in [1.807, 2.05) is 0 Å². The van der Waals surface area contributed by atoms with Gasteiger partial charge in [0.05, 0.1) is 6.61 Å². The van der Waals surface area contributed by atoms with E-state index < -0.39 is 0 Å². The fourth-order valence-electron chi connectivity index (χ4n) is 1.70. The molecule has 1 unspecified atom stereocenters. The predicted molar refractivity (Wildman–Crippen MR) is 55.0 cm³/mol. The fraction of sp³-hybridized carbons (Fsp3) is 1.00. The standard InChI is InChI=1S/C10H22N2O/c1-3-11-6-7-12-10(2)5-4-8-13-9-10/h11-12H,3-9H2,1-2H3. The van der Waals surface area contributed by atoms with E-state index in [9.17, 15) is 0 Å². The van der Waals surface area contributed by atoms with Crippen LogP contribution in [0.1, 0.15) is 26.7 Å². The van der Waals surface area contributed by atoms with Gasteiger partial charge >= 0.3 is 0 Å². The molecule has 1 aliphatic rings. The summed E-state index contributed by atoms with van der Waals surface area (Å²) in [5.41, 5.74) is 0.216. The third kappa shape index (κ3) is 4.07. The third-order valence-electron chi connectivity index (χ3n) is 2.54. The van der Waals surface area contributed by atoms with Gasteiger partial charge in [-0.1, -0.05) is 6.92 Å². The Morgan fingerprint density at radius 1 is 1.38 bits per heavy atom. The van der Waals surface area contributed by atoms with Crippen molar-refractivity contribution in [2.24, 2.45) is 0 Å². The molecule has 1 saturated heterocycles. The quantitative estimate of drug-likeness (QED) is 0.622. The van der Waals surface area contributed by atoms with E-state index in [1.54, 1.807) is 0 Å². The van der Waals surface area contributed by atoms with Crippen LogP contribution < -0.4 is 10.6 Å². The summed E-state index contributed by atoms with van der Waals surface area (Å²) in [7, 11) is 0. The molecule has 0 aromatic heterocycles. The largest absolute Gasteiger partial charge is 0.380 e. The predicted octanol–water partition coefficient (Wildman–Crippen LogP) is 0.755. The third-order valence-corrected chi connectivity index (χ3v) is 2.54. The molecule has 1 heterocycles. The van der Waals surface area contributed by atoms with Crippen molar-refractivity contribution in [3.63, 3.8) is 0 Å². The van der Waals surface area contributed by atoms with E-state index in [0.717, 1.165) is 32.8 Å². The van der Waals surface area contributed by atoms with E-state index >= 15 is 0 Å². The average Bonchev–Trinajstić information content (AvgIpc) is 2.14. The number of rotatable bonds is 5. The summed E-state index contributed by atoms with van der Waals surface area (Å²) in [6.07, 6.45) is 2.42. The summed E-state index contributed by atoms with van der Waals surface area (Å²) in [5.74, 6) is 0. The van der Waals surface area contributed by atoms with Crippen LogP contribution in [0, 0.1) is 0 Å². The molecule has 0 aromatic carbocycles. The highest BCUT2D eigenvalue weighted by Gasteiger charge is 2.26. The fourth-order valence-corrected chi connectivity index (χ4v) is 1.70. The molecule has 1 fully saturated rings. The molecule has 3 nitrogen and oxygen atoms in total. The SMILES string of the molecule is CCNCCNC1(C)CCCOC1. The molecule has 13 heavy (non-hydrogen) atoms. The van der Waals surface area contributed by atoms with Crippen LogP contribution >= 0.6 is 0 Å². The summed E-state index contributed by atoms with van der Waals surface area (Å²) in [6.45, 7) is 9.31. The number of nitrogens with one attached hydrogen (secondary N) is 2. The van der Waals surface area contributed by atoms with Gasteiger partial charge in [-0.15, -0.1) is 0 Å². The van der Waals surface area contributed by atoms with Crippen molar-refractivity contribution in [2.45, 2.75) is 32.2 Å². The maximum absolute atomic E-state index is 5.46. The van der Waals surface area contributed by atoms with E-state index in [1.165, 1.54) is 12.8 Å². The Morgan fingerprint density at radius 2 is 2.23 bits per heavy atom. The lowest BCUT2D eigenvalue weighted by Crippen LogP contribution is -2.50. The topological polar surface area (TPSA) is 33.3 Å². The van der Waals surface area contributed by atoms with Crippen molar-refractivity contribution in [3.8, 4) is 0 Å². The average molecular weight is 186 g/mol. The maximum Gasteiger partial charge on any atom is 0.0645 e. The molecule has 0 aromatic rings. The summed E-state index contributed by atoms with van der Waals surface area (Å²) in [5, 5.41) is 6.85. The highest BCUT2D eigenvalue weighted by molar-refractivity contribution is 4.85. The minimum Gasteiger partial charge on any atom is -0.380 e. The first-order valence-corrected chi connectivity index (χ1v) is 5.30. The molecule has 1 aliphatic heterocycles. The normalized spacial score (nSPS) is 29.1. The zero-order valence-electron chi connectivity index (χ0n) is 8.86. The molecule has 0 amide bonds. The molecule has 0 bridgehead atoms. The smallest absolute Gasteiger partial charge is 0.0645 e. The second-order valence-corrected chi connectivity index (χ2v) is 4.00. The van der Waals surface area contributed by atoms with Gasteiger partial charge in [0.1, 0.15) is 0 Å². The van der Waals surface area contributed by atoms with Crippen LogP contribution in [-0.2, 0) is 4.74 Å². The second-order valence-electron chi connectivity index (χ2n) is 4.00. The lowest BCUT2D eigenvalue weighted by Gasteiger charge is -2.34. The molecule has 0 saturated carbocycles. The van der Waals surface area contributed by atoms with Gasteiger partial charge in [0.25, 0.3) is 0 Å². The highest BCUT2D eigenvalue weighted by Crippen LogP contribution is 2.17. The minimum absolute atomic E-state index is 0.216. The summed E-state index contributed by atoms with van der Waals surface area (Å²) in [4.78, 5) is 0. The van der Waals surface area contributed by atoms with Gasteiger partial charge in [-0.05, 0) is 26.3 Å². The van der Waals surface area contributed by atoms with Crippen LogP contribution in [-0.4, -0.2) is 38.4 Å². The molecule has 0 spiro atoms. The Bertz CT molecular complexity index is 133. The molecule has 1 atom stereocenters. The number of likely N-dealkylation sites (N-methyl/N-ethyl adjacent to an activating group) is 1. The van der Waals surface area contributed by atoms with Crippen LogP contribution in [0.3, 0.4) is 0 Å². The van der Waals surface area contributed by atoms with Crippen LogP contribution in [0.4, 0.5) is 0 Å². The zero-order chi connectivity index (χ0) is 9.57. The van der Waals surface area contributed by atoms with Crippen LogP contribution in [0.5, 0.6) is 0 Å². The highest BCUT2D eigenvalue weighted by atomic mass is 16.5. The maximum atomic E-state index is 5.46. The van der Waals surface area contributed by atoms with Gasteiger partial charge in [-0.3, -0.25) is 0 Å². The number of ether oxygens (including phenoxy) is 1. The Kier molecular flexibility index (Phi) is 4.70. The van der Waals surface area contributed by atoms with Crippen LogP contribution in [0.2, 0.25) is 0 Å². The van der Waals surface area contributed by atoms with Gasteiger partial charge < -0.3 is 15.4 Å². The first-order chi connectivity index (χ1) is 6.27. The second kappa shape index (κ2) is 5.58. The van der Waals surface area contributed by atoms with Crippen LogP contribution in [0.25, 0.3) is 0 Å². The minimum atomic E-state index is 0.216.